The lowest BCUT2D eigenvalue weighted by Crippen LogP contribution is -2.42. The van der Waals surface area contributed by atoms with Crippen LogP contribution in [0.3, 0.4) is 0 Å². The summed E-state index contributed by atoms with van der Waals surface area (Å²) in [5.74, 6) is 0.328. The van der Waals surface area contributed by atoms with Crippen molar-refractivity contribution in [2.24, 2.45) is 11.7 Å². The number of likely N-dealkylation sites (tertiary alicyclic amines) is 1. The predicted molar refractivity (Wildman–Crippen MR) is 82.1 cm³/mol. The molecular weight excluding hydrogens is 323 g/mol. The summed E-state index contributed by atoms with van der Waals surface area (Å²) in [5.41, 5.74) is 7.04. The van der Waals surface area contributed by atoms with Crippen LogP contribution < -0.4 is 5.73 Å². The molecule has 112 valence electrons. The first-order chi connectivity index (χ1) is 9.65. The Bertz CT molecular complexity index is 442. The lowest BCUT2D eigenvalue weighted by atomic mass is 9.95. The minimum atomic E-state index is -0.229. The van der Waals surface area contributed by atoms with Crippen molar-refractivity contribution in [1.82, 2.24) is 4.90 Å². The van der Waals surface area contributed by atoms with Gasteiger partial charge < -0.3 is 10.5 Å². The summed E-state index contributed by atoms with van der Waals surface area (Å²) < 4.78 is 19.3. The Balaban J connectivity index is 2.14. The average molecular weight is 345 g/mol. The van der Waals surface area contributed by atoms with Crippen LogP contribution in [0.25, 0.3) is 0 Å². The van der Waals surface area contributed by atoms with Gasteiger partial charge in [-0.05, 0) is 43.0 Å². The van der Waals surface area contributed by atoms with E-state index in [1.54, 1.807) is 7.11 Å². The molecule has 2 unspecified atom stereocenters. The molecule has 1 heterocycles. The first-order valence-corrected chi connectivity index (χ1v) is 7.83. The Morgan fingerprint density at radius 1 is 1.55 bits per heavy atom. The Hall–Kier alpha value is -0.490. The number of piperidine rings is 1. The van der Waals surface area contributed by atoms with Crippen molar-refractivity contribution < 1.29 is 9.13 Å². The summed E-state index contributed by atoms with van der Waals surface area (Å²) >= 11 is 3.45. The van der Waals surface area contributed by atoms with Crippen molar-refractivity contribution in [2.75, 3.05) is 33.4 Å². The SMILES string of the molecule is COCC1CCCN(C(CN)c2ccc(F)cc2Br)C1. The van der Waals surface area contributed by atoms with Crippen LogP contribution in [-0.2, 0) is 4.74 Å². The van der Waals surface area contributed by atoms with E-state index in [0.717, 1.165) is 36.2 Å². The van der Waals surface area contributed by atoms with Crippen molar-refractivity contribution in [3.05, 3.63) is 34.1 Å². The molecule has 0 spiro atoms. The maximum absolute atomic E-state index is 13.2. The number of nitrogens with zero attached hydrogens (tertiary/aromatic N) is 1. The van der Waals surface area contributed by atoms with Crippen LogP contribution in [0.2, 0.25) is 0 Å². The molecule has 1 aliphatic rings. The highest BCUT2D eigenvalue weighted by atomic mass is 79.9. The molecule has 0 bridgehead atoms. The fraction of sp³-hybridized carbons (Fsp3) is 0.600. The molecule has 0 radical (unpaired) electrons. The predicted octanol–water partition coefficient (Wildman–Crippen LogP) is 2.95. The van der Waals surface area contributed by atoms with E-state index in [1.165, 1.54) is 18.6 Å². The minimum Gasteiger partial charge on any atom is -0.384 e. The highest BCUT2D eigenvalue weighted by Gasteiger charge is 2.27. The van der Waals surface area contributed by atoms with E-state index in [1.807, 2.05) is 6.07 Å². The number of hydrogen-bond donors (Lipinski definition) is 1. The second-order valence-electron chi connectivity index (χ2n) is 5.38. The summed E-state index contributed by atoms with van der Waals surface area (Å²) in [6, 6.07) is 4.97. The minimum absolute atomic E-state index is 0.129. The Morgan fingerprint density at radius 3 is 3.00 bits per heavy atom. The van der Waals surface area contributed by atoms with E-state index >= 15 is 0 Å². The van der Waals surface area contributed by atoms with Crippen LogP contribution in [0.15, 0.2) is 22.7 Å². The third-order valence-electron chi connectivity index (χ3n) is 3.94. The van der Waals surface area contributed by atoms with Gasteiger partial charge in [0.25, 0.3) is 0 Å². The van der Waals surface area contributed by atoms with Gasteiger partial charge in [0.1, 0.15) is 5.82 Å². The summed E-state index contributed by atoms with van der Waals surface area (Å²) in [6.07, 6.45) is 2.36. The standard InChI is InChI=1S/C15H22BrFN2O/c1-20-10-11-3-2-6-19(9-11)15(8-18)13-5-4-12(17)7-14(13)16/h4-5,7,11,15H,2-3,6,8-10,18H2,1H3. The van der Waals surface area contributed by atoms with E-state index < -0.39 is 0 Å². The van der Waals surface area contributed by atoms with Gasteiger partial charge in [-0.15, -0.1) is 0 Å². The van der Waals surface area contributed by atoms with Gasteiger partial charge in [0.15, 0.2) is 0 Å². The Labute approximate surface area is 128 Å². The fourth-order valence-corrected chi connectivity index (χ4v) is 3.61. The first-order valence-electron chi connectivity index (χ1n) is 7.03. The van der Waals surface area contributed by atoms with Gasteiger partial charge in [-0.1, -0.05) is 22.0 Å². The van der Waals surface area contributed by atoms with Crippen molar-refractivity contribution in [1.29, 1.82) is 0 Å². The molecule has 0 aliphatic carbocycles. The zero-order valence-corrected chi connectivity index (χ0v) is 13.4. The molecule has 2 atom stereocenters. The lowest BCUT2D eigenvalue weighted by molar-refractivity contribution is 0.0695. The van der Waals surface area contributed by atoms with Gasteiger partial charge in [0.2, 0.25) is 0 Å². The molecule has 5 heteroatoms. The monoisotopic (exact) mass is 344 g/mol. The van der Waals surface area contributed by atoms with Crippen molar-refractivity contribution >= 4 is 15.9 Å². The van der Waals surface area contributed by atoms with Crippen LogP contribution in [0.4, 0.5) is 4.39 Å². The smallest absolute Gasteiger partial charge is 0.124 e. The molecular formula is C15H22BrFN2O. The van der Waals surface area contributed by atoms with Gasteiger partial charge in [-0.3, -0.25) is 4.90 Å². The number of ether oxygens (including phenoxy) is 1. The molecule has 1 aromatic carbocycles. The highest BCUT2D eigenvalue weighted by molar-refractivity contribution is 9.10. The molecule has 3 nitrogen and oxygen atoms in total. The van der Waals surface area contributed by atoms with Crippen molar-refractivity contribution in [3.63, 3.8) is 0 Å². The van der Waals surface area contributed by atoms with Crippen LogP contribution in [0.1, 0.15) is 24.4 Å². The third kappa shape index (κ3) is 3.79. The van der Waals surface area contributed by atoms with Gasteiger partial charge in [0.05, 0.1) is 6.61 Å². The molecule has 1 fully saturated rings. The maximum Gasteiger partial charge on any atom is 0.124 e. The van der Waals surface area contributed by atoms with E-state index in [-0.39, 0.29) is 11.9 Å². The fourth-order valence-electron chi connectivity index (χ4n) is 3.00. The zero-order chi connectivity index (χ0) is 14.5. The molecule has 1 aromatic rings. The van der Waals surface area contributed by atoms with Gasteiger partial charge in [-0.2, -0.15) is 0 Å². The summed E-state index contributed by atoms with van der Waals surface area (Å²) in [5, 5.41) is 0. The van der Waals surface area contributed by atoms with Crippen LogP contribution in [0.5, 0.6) is 0 Å². The zero-order valence-electron chi connectivity index (χ0n) is 11.8. The highest BCUT2D eigenvalue weighted by Crippen LogP contribution is 2.31. The molecule has 1 saturated heterocycles. The molecule has 0 saturated carbocycles. The Morgan fingerprint density at radius 2 is 2.35 bits per heavy atom. The summed E-state index contributed by atoms with van der Waals surface area (Å²) in [7, 11) is 1.75. The topological polar surface area (TPSA) is 38.5 Å². The normalized spacial score (nSPS) is 21.9. The summed E-state index contributed by atoms with van der Waals surface area (Å²) in [4.78, 5) is 2.39. The van der Waals surface area contributed by atoms with Gasteiger partial charge in [0, 0.05) is 30.7 Å². The summed E-state index contributed by atoms with van der Waals surface area (Å²) in [6.45, 7) is 3.34. The van der Waals surface area contributed by atoms with Crippen LogP contribution >= 0.6 is 15.9 Å². The number of benzene rings is 1. The first kappa shape index (κ1) is 15.9. The van der Waals surface area contributed by atoms with Crippen LogP contribution in [0, 0.1) is 11.7 Å². The van der Waals surface area contributed by atoms with Crippen molar-refractivity contribution in [3.8, 4) is 0 Å². The average Bonchev–Trinajstić information content (AvgIpc) is 2.43. The lowest BCUT2D eigenvalue weighted by Gasteiger charge is -2.38. The number of rotatable bonds is 5. The molecule has 2 N–H and O–H groups in total. The number of hydrogen-bond acceptors (Lipinski definition) is 3. The maximum atomic E-state index is 13.2. The molecule has 1 aliphatic heterocycles. The molecule has 20 heavy (non-hydrogen) atoms. The van der Waals surface area contributed by atoms with E-state index in [2.05, 4.69) is 20.8 Å². The second kappa shape index (κ2) is 7.50. The van der Waals surface area contributed by atoms with E-state index in [9.17, 15) is 4.39 Å². The van der Waals surface area contributed by atoms with E-state index in [0.29, 0.717) is 12.5 Å². The van der Waals surface area contributed by atoms with Gasteiger partial charge in [-0.25, -0.2) is 4.39 Å². The van der Waals surface area contributed by atoms with Crippen LogP contribution in [-0.4, -0.2) is 38.3 Å². The second-order valence-corrected chi connectivity index (χ2v) is 6.23. The van der Waals surface area contributed by atoms with Gasteiger partial charge >= 0.3 is 0 Å². The molecule has 0 amide bonds. The largest absolute Gasteiger partial charge is 0.384 e. The number of methoxy groups -OCH3 is 1. The van der Waals surface area contributed by atoms with Crippen molar-refractivity contribution in [2.45, 2.75) is 18.9 Å². The Kier molecular flexibility index (Phi) is 5.96. The number of halogens is 2. The number of nitrogens with two attached hydrogens (primary N) is 1. The van der Waals surface area contributed by atoms with E-state index in [4.69, 9.17) is 10.5 Å². The third-order valence-corrected chi connectivity index (χ3v) is 4.63. The molecule has 0 aromatic heterocycles. The quantitative estimate of drug-likeness (QED) is 0.892. The molecule has 2 rings (SSSR count).